The molecule has 2 fully saturated rings. The highest BCUT2D eigenvalue weighted by molar-refractivity contribution is 5.93. The van der Waals surface area contributed by atoms with Gasteiger partial charge in [-0.3, -0.25) is 14.6 Å². The normalized spacial score (nSPS) is 28.3. The number of benzene rings is 1. The van der Waals surface area contributed by atoms with Crippen molar-refractivity contribution in [1.29, 1.82) is 0 Å². The second kappa shape index (κ2) is 7.61. The maximum atomic E-state index is 13.4. The first-order valence-corrected chi connectivity index (χ1v) is 10.8. The van der Waals surface area contributed by atoms with Gasteiger partial charge in [0.25, 0.3) is 0 Å². The molecule has 3 aliphatic rings. The van der Waals surface area contributed by atoms with Crippen LogP contribution in [0.2, 0.25) is 0 Å². The van der Waals surface area contributed by atoms with E-state index in [1.54, 1.807) is 18.1 Å². The minimum absolute atomic E-state index is 0.0311. The molecular weight excluding hydrogens is 390 g/mol. The molecule has 0 N–H and O–H groups in total. The molecule has 1 aromatic heterocycles. The molecular formula is C25H27N3O3. The van der Waals surface area contributed by atoms with E-state index in [0.717, 1.165) is 12.1 Å². The second-order valence-electron chi connectivity index (χ2n) is 8.91. The fraction of sp³-hybridized carbons (Fsp3) is 0.400. The van der Waals surface area contributed by atoms with Gasteiger partial charge in [0.2, 0.25) is 11.8 Å². The summed E-state index contributed by atoms with van der Waals surface area (Å²) in [6.07, 6.45) is 6.16. The van der Waals surface area contributed by atoms with Crippen molar-refractivity contribution in [3.8, 4) is 0 Å². The predicted molar refractivity (Wildman–Crippen MR) is 116 cm³/mol. The zero-order valence-electron chi connectivity index (χ0n) is 17.9. The number of likely N-dealkylation sites (tertiary alicyclic amines) is 1. The topological polar surface area (TPSA) is 62.7 Å². The van der Waals surface area contributed by atoms with Crippen molar-refractivity contribution in [3.63, 3.8) is 0 Å². The molecule has 4 heterocycles. The number of rotatable bonds is 6. The number of amides is 2. The highest BCUT2D eigenvalue weighted by Gasteiger charge is 2.66. The summed E-state index contributed by atoms with van der Waals surface area (Å²) in [6, 6.07) is 14.1. The van der Waals surface area contributed by atoms with Crippen LogP contribution in [0.3, 0.4) is 0 Å². The van der Waals surface area contributed by atoms with E-state index in [4.69, 9.17) is 4.74 Å². The average molecular weight is 418 g/mol. The number of ether oxygens (including phenoxy) is 1. The summed E-state index contributed by atoms with van der Waals surface area (Å²) in [5.74, 6) is -0.945. The Morgan fingerprint density at radius 3 is 2.81 bits per heavy atom. The number of nitrogens with zero attached hydrogens (tertiary/aromatic N) is 3. The lowest BCUT2D eigenvalue weighted by atomic mass is 9.76. The molecule has 0 unspecified atom stereocenters. The summed E-state index contributed by atoms with van der Waals surface area (Å²) in [7, 11) is 1.77. The minimum Gasteiger partial charge on any atom is -0.360 e. The monoisotopic (exact) mass is 417 g/mol. The molecule has 2 saturated heterocycles. The van der Waals surface area contributed by atoms with Crippen molar-refractivity contribution in [2.45, 2.75) is 31.6 Å². The van der Waals surface area contributed by atoms with Gasteiger partial charge in [-0.05, 0) is 31.0 Å². The van der Waals surface area contributed by atoms with E-state index in [2.05, 4.69) is 36.2 Å². The summed E-state index contributed by atoms with van der Waals surface area (Å²) in [5, 5.41) is 0. The standard InChI is InChI=1S/C25H27N3O3/c1-17-6-8-18(9-7-17)11-14-28-16-25-12-10-20(31-25)21(22(25)24(28)30)23(29)27(2)15-19-5-3-4-13-26-19/h3-10,12-13,20-22H,11,14-16H2,1-2H3/t20-,21-,22-,25-/m0/s1. The number of pyridine rings is 1. The lowest BCUT2D eigenvalue weighted by Crippen LogP contribution is -2.44. The lowest BCUT2D eigenvalue weighted by molar-refractivity contribution is -0.142. The van der Waals surface area contributed by atoms with E-state index in [0.29, 0.717) is 19.6 Å². The van der Waals surface area contributed by atoms with Crippen LogP contribution >= 0.6 is 0 Å². The molecule has 0 aliphatic carbocycles. The molecule has 6 heteroatoms. The average Bonchev–Trinajstić information content (AvgIpc) is 3.41. The van der Waals surface area contributed by atoms with Crippen LogP contribution in [0.15, 0.2) is 60.8 Å². The third-order valence-corrected chi connectivity index (χ3v) is 6.76. The van der Waals surface area contributed by atoms with Crippen LogP contribution < -0.4 is 0 Å². The van der Waals surface area contributed by atoms with Gasteiger partial charge in [-0.2, -0.15) is 0 Å². The molecule has 3 aliphatic heterocycles. The summed E-state index contributed by atoms with van der Waals surface area (Å²) < 4.78 is 6.25. The Bertz CT molecular complexity index is 1020. The van der Waals surface area contributed by atoms with Gasteiger partial charge in [0.05, 0.1) is 36.7 Å². The van der Waals surface area contributed by atoms with Gasteiger partial charge in [-0.25, -0.2) is 0 Å². The maximum absolute atomic E-state index is 13.4. The molecule has 0 radical (unpaired) electrons. The number of carbonyl (C=O) groups excluding carboxylic acids is 2. The van der Waals surface area contributed by atoms with Crippen LogP contribution in [-0.2, 0) is 27.3 Å². The summed E-state index contributed by atoms with van der Waals surface area (Å²) >= 11 is 0. The van der Waals surface area contributed by atoms with Gasteiger partial charge in [-0.1, -0.05) is 48.0 Å². The maximum Gasteiger partial charge on any atom is 0.230 e. The van der Waals surface area contributed by atoms with Crippen LogP contribution in [0.1, 0.15) is 16.8 Å². The quantitative estimate of drug-likeness (QED) is 0.677. The van der Waals surface area contributed by atoms with Crippen LogP contribution in [0.25, 0.3) is 0 Å². The number of aryl methyl sites for hydroxylation is 1. The smallest absolute Gasteiger partial charge is 0.230 e. The van der Waals surface area contributed by atoms with Crippen molar-refractivity contribution in [2.75, 3.05) is 20.1 Å². The van der Waals surface area contributed by atoms with Crippen LogP contribution in [0.5, 0.6) is 0 Å². The Balaban J connectivity index is 1.30. The Morgan fingerprint density at radius 2 is 2.06 bits per heavy atom. The molecule has 4 atom stereocenters. The first-order chi connectivity index (χ1) is 15.0. The lowest BCUT2D eigenvalue weighted by Gasteiger charge is -2.27. The molecule has 6 nitrogen and oxygen atoms in total. The van der Waals surface area contributed by atoms with Gasteiger partial charge in [-0.15, -0.1) is 0 Å². The Kier molecular flexibility index (Phi) is 4.89. The van der Waals surface area contributed by atoms with E-state index >= 15 is 0 Å². The van der Waals surface area contributed by atoms with E-state index in [9.17, 15) is 9.59 Å². The Labute approximate surface area is 182 Å². The van der Waals surface area contributed by atoms with Gasteiger partial charge in [0, 0.05) is 19.8 Å². The molecule has 1 spiro atoms. The number of hydrogen-bond donors (Lipinski definition) is 0. The fourth-order valence-corrected chi connectivity index (χ4v) is 5.14. The fourth-order valence-electron chi connectivity index (χ4n) is 5.14. The summed E-state index contributed by atoms with van der Waals surface area (Å²) in [4.78, 5) is 34.6. The van der Waals surface area contributed by atoms with E-state index in [1.807, 2.05) is 35.3 Å². The largest absolute Gasteiger partial charge is 0.360 e. The van der Waals surface area contributed by atoms with Gasteiger partial charge >= 0.3 is 0 Å². The zero-order chi connectivity index (χ0) is 21.6. The summed E-state index contributed by atoms with van der Waals surface area (Å²) in [5.41, 5.74) is 2.59. The molecule has 160 valence electrons. The molecule has 31 heavy (non-hydrogen) atoms. The van der Waals surface area contributed by atoms with E-state index in [-0.39, 0.29) is 17.9 Å². The zero-order valence-corrected chi connectivity index (χ0v) is 17.9. The summed E-state index contributed by atoms with van der Waals surface area (Å²) in [6.45, 7) is 3.63. The van der Waals surface area contributed by atoms with Crippen LogP contribution in [0.4, 0.5) is 0 Å². The van der Waals surface area contributed by atoms with Crippen molar-refractivity contribution < 1.29 is 14.3 Å². The van der Waals surface area contributed by atoms with Crippen molar-refractivity contribution in [3.05, 3.63) is 77.6 Å². The number of hydrogen-bond acceptors (Lipinski definition) is 4. The number of carbonyl (C=O) groups is 2. The Hall–Kier alpha value is -2.99. The van der Waals surface area contributed by atoms with Gasteiger partial charge in [0.1, 0.15) is 5.60 Å². The molecule has 5 rings (SSSR count). The van der Waals surface area contributed by atoms with Crippen molar-refractivity contribution in [1.82, 2.24) is 14.8 Å². The van der Waals surface area contributed by atoms with Gasteiger partial charge in [0.15, 0.2) is 0 Å². The third kappa shape index (κ3) is 3.45. The third-order valence-electron chi connectivity index (χ3n) is 6.76. The highest BCUT2D eigenvalue weighted by Crippen LogP contribution is 2.52. The van der Waals surface area contributed by atoms with Crippen LogP contribution in [0, 0.1) is 18.8 Å². The molecule has 2 bridgehead atoms. The van der Waals surface area contributed by atoms with Crippen molar-refractivity contribution in [2.24, 2.45) is 11.8 Å². The molecule has 2 amide bonds. The number of fused-ring (bicyclic) bond motifs is 1. The Morgan fingerprint density at radius 1 is 1.26 bits per heavy atom. The number of aromatic nitrogens is 1. The molecule has 1 aromatic carbocycles. The SMILES string of the molecule is Cc1ccc(CCN2C[C@]34C=C[C@H](O3)[C@H](C(=O)N(C)Cc3ccccn3)[C@H]4C2=O)cc1. The van der Waals surface area contributed by atoms with E-state index in [1.165, 1.54) is 11.1 Å². The van der Waals surface area contributed by atoms with Crippen molar-refractivity contribution >= 4 is 11.8 Å². The van der Waals surface area contributed by atoms with Crippen LogP contribution in [-0.4, -0.2) is 58.4 Å². The van der Waals surface area contributed by atoms with E-state index < -0.39 is 17.4 Å². The highest BCUT2D eigenvalue weighted by atomic mass is 16.5. The molecule has 2 aromatic rings. The minimum atomic E-state index is -0.665. The second-order valence-corrected chi connectivity index (χ2v) is 8.91. The molecule has 0 saturated carbocycles. The first-order valence-electron chi connectivity index (χ1n) is 10.8. The first kappa shape index (κ1) is 19.9. The van der Waals surface area contributed by atoms with Gasteiger partial charge < -0.3 is 14.5 Å². The predicted octanol–water partition coefficient (Wildman–Crippen LogP) is 2.37.